The largest absolute Gasteiger partial charge is 0.785 e. The molecule has 2 nitrogen and oxygen atoms in total. The molecule has 0 amide bonds. The third-order valence-corrected chi connectivity index (χ3v) is 4.20. The van der Waals surface area contributed by atoms with Crippen molar-refractivity contribution in [2.24, 2.45) is 11.8 Å². The van der Waals surface area contributed by atoms with Crippen LogP contribution >= 0.6 is 0 Å². The lowest BCUT2D eigenvalue weighted by molar-refractivity contribution is -0.0855. The first-order chi connectivity index (χ1) is 5.67. The Labute approximate surface area is 73.5 Å². The van der Waals surface area contributed by atoms with Gasteiger partial charge in [0.15, 0.2) is 0 Å². The fourth-order valence-corrected chi connectivity index (χ4v) is 4.00. The Balaban J connectivity index is 1.97. The molecule has 4 atom stereocenters. The van der Waals surface area contributed by atoms with E-state index >= 15 is 0 Å². The molecule has 0 N–H and O–H groups in total. The van der Waals surface area contributed by atoms with Gasteiger partial charge in [0.05, 0.1) is 0 Å². The Hall–Kier alpha value is -0.0800. The Kier molecular flexibility index (Phi) is 1.25. The van der Waals surface area contributed by atoms with Crippen molar-refractivity contribution >= 4 is 0 Å². The predicted octanol–water partition coefficient (Wildman–Crippen LogP) is 2.14. The number of rotatable bonds is 0. The van der Waals surface area contributed by atoms with E-state index in [4.69, 9.17) is 0 Å². The van der Waals surface area contributed by atoms with Crippen molar-refractivity contribution in [3.63, 3.8) is 0 Å². The maximum atomic E-state index is 11.8. The second kappa shape index (κ2) is 2.05. The molecule has 0 radical (unpaired) electrons. The summed E-state index contributed by atoms with van der Waals surface area (Å²) in [5.74, 6) is 1.77. The minimum Gasteiger partial charge on any atom is -0.785 e. The first-order valence-electron chi connectivity index (χ1n) is 5.14. The van der Waals surface area contributed by atoms with E-state index < -0.39 is 0 Å². The normalized spacial score (nSPS) is 58.0. The van der Waals surface area contributed by atoms with E-state index in [-0.39, 0.29) is 5.54 Å². The molecule has 2 unspecified atom stereocenters. The molecule has 12 heavy (non-hydrogen) atoms. The maximum Gasteiger partial charge on any atom is 0.00690 e. The van der Waals surface area contributed by atoms with Crippen molar-refractivity contribution in [1.29, 1.82) is 0 Å². The number of hydrogen-bond donors (Lipinski definition) is 0. The summed E-state index contributed by atoms with van der Waals surface area (Å²) in [4.78, 5) is 0. The quantitative estimate of drug-likeness (QED) is 0.551. The molecule has 2 aliphatic carbocycles. The summed E-state index contributed by atoms with van der Waals surface area (Å²) in [5, 5.41) is 13.2. The molecule has 68 valence electrons. The van der Waals surface area contributed by atoms with Crippen molar-refractivity contribution in [3.05, 3.63) is 5.21 Å². The van der Waals surface area contributed by atoms with E-state index in [0.717, 1.165) is 11.8 Å². The molecular weight excluding hydrogens is 150 g/mol. The van der Waals surface area contributed by atoms with Crippen LogP contribution in [0.3, 0.4) is 0 Å². The Morgan fingerprint density at radius 2 is 1.75 bits per heavy atom. The van der Waals surface area contributed by atoms with Gasteiger partial charge < -0.3 is 10.3 Å². The average molecular weight is 166 g/mol. The highest BCUT2D eigenvalue weighted by Crippen LogP contribution is 2.53. The van der Waals surface area contributed by atoms with Crippen LogP contribution in [0, 0.1) is 17.0 Å². The van der Waals surface area contributed by atoms with Gasteiger partial charge in [-0.15, -0.1) is 0 Å². The molecule has 4 bridgehead atoms. The van der Waals surface area contributed by atoms with E-state index in [0.29, 0.717) is 6.04 Å². The summed E-state index contributed by atoms with van der Waals surface area (Å²) < 4.78 is 0. The van der Waals surface area contributed by atoms with Gasteiger partial charge >= 0.3 is 0 Å². The van der Waals surface area contributed by atoms with Crippen molar-refractivity contribution in [2.45, 2.75) is 50.6 Å². The SMILES string of the molecule is CC12C[C@@H]3CC(C[C@@H](C3)C1)N2[O-]. The van der Waals surface area contributed by atoms with E-state index in [1.54, 1.807) is 0 Å². The molecule has 0 spiro atoms. The van der Waals surface area contributed by atoms with Gasteiger partial charge in [0.1, 0.15) is 0 Å². The summed E-state index contributed by atoms with van der Waals surface area (Å²) in [7, 11) is 0. The van der Waals surface area contributed by atoms with Gasteiger partial charge in [0.25, 0.3) is 0 Å². The summed E-state index contributed by atoms with van der Waals surface area (Å²) in [5.41, 5.74) is 0.0365. The lowest BCUT2D eigenvalue weighted by Crippen LogP contribution is -2.62. The highest BCUT2D eigenvalue weighted by molar-refractivity contribution is 5.07. The molecule has 4 fully saturated rings. The van der Waals surface area contributed by atoms with Crippen molar-refractivity contribution in [2.75, 3.05) is 0 Å². The fraction of sp³-hybridized carbons (Fsp3) is 1.00. The lowest BCUT2D eigenvalue weighted by Gasteiger charge is -2.65. The third kappa shape index (κ3) is 0.775. The van der Waals surface area contributed by atoms with Crippen LogP contribution in [-0.2, 0) is 0 Å². The monoisotopic (exact) mass is 166 g/mol. The second-order valence-electron chi connectivity index (χ2n) is 5.32. The van der Waals surface area contributed by atoms with E-state index in [9.17, 15) is 5.21 Å². The minimum absolute atomic E-state index is 0.0365. The first-order valence-corrected chi connectivity index (χ1v) is 5.14. The zero-order valence-corrected chi connectivity index (χ0v) is 7.62. The lowest BCUT2D eigenvalue weighted by atomic mass is 9.59. The Morgan fingerprint density at radius 1 is 1.17 bits per heavy atom. The molecule has 2 aliphatic heterocycles. The van der Waals surface area contributed by atoms with Crippen molar-refractivity contribution in [3.8, 4) is 0 Å². The zero-order chi connectivity index (χ0) is 8.34. The molecule has 4 aliphatic rings. The van der Waals surface area contributed by atoms with Crippen LogP contribution in [0.25, 0.3) is 0 Å². The summed E-state index contributed by atoms with van der Waals surface area (Å²) in [6.07, 6.45) is 6.14. The highest BCUT2D eigenvalue weighted by Gasteiger charge is 2.49. The van der Waals surface area contributed by atoms with Gasteiger partial charge in [-0.25, -0.2) is 0 Å². The van der Waals surface area contributed by atoms with Crippen molar-refractivity contribution < 1.29 is 0 Å². The Bertz CT molecular complexity index is 202. The van der Waals surface area contributed by atoms with Crippen LogP contribution in [0.1, 0.15) is 39.0 Å². The molecule has 0 aromatic carbocycles. The smallest absolute Gasteiger partial charge is 0.00690 e. The van der Waals surface area contributed by atoms with Crippen molar-refractivity contribution in [1.82, 2.24) is 5.06 Å². The molecule has 2 heteroatoms. The average Bonchev–Trinajstić information content (AvgIpc) is 1.98. The second-order valence-corrected chi connectivity index (χ2v) is 5.32. The maximum absolute atomic E-state index is 11.8. The molecule has 2 saturated heterocycles. The van der Waals surface area contributed by atoms with Crippen LogP contribution in [0.15, 0.2) is 0 Å². The number of hydrogen-bond acceptors (Lipinski definition) is 2. The third-order valence-electron chi connectivity index (χ3n) is 4.20. The minimum atomic E-state index is 0.0365. The first kappa shape index (κ1) is 7.34. The number of nitrogens with zero attached hydrogens (tertiary/aromatic N) is 1. The van der Waals surface area contributed by atoms with E-state index in [1.807, 2.05) is 0 Å². The summed E-state index contributed by atoms with van der Waals surface area (Å²) >= 11 is 0. The van der Waals surface area contributed by atoms with Crippen LogP contribution in [0.4, 0.5) is 0 Å². The summed E-state index contributed by atoms with van der Waals surface area (Å²) in [6.45, 7) is 2.17. The number of hydroxylamine groups is 2. The van der Waals surface area contributed by atoms with Crippen LogP contribution in [0.5, 0.6) is 0 Å². The molecule has 0 aromatic rings. The van der Waals surface area contributed by atoms with Gasteiger partial charge in [0.2, 0.25) is 0 Å². The van der Waals surface area contributed by atoms with E-state index in [1.165, 1.54) is 37.2 Å². The van der Waals surface area contributed by atoms with Gasteiger partial charge in [-0.1, -0.05) is 0 Å². The van der Waals surface area contributed by atoms with E-state index in [2.05, 4.69) is 6.92 Å². The topological polar surface area (TPSA) is 26.3 Å². The molecule has 4 rings (SSSR count). The highest BCUT2D eigenvalue weighted by atomic mass is 16.5. The fourth-order valence-electron chi connectivity index (χ4n) is 4.00. The predicted molar refractivity (Wildman–Crippen MR) is 47.5 cm³/mol. The van der Waals surface area contributed by atoms with Gasteiger partial charge in [-0.3, -0.25) is 0 Å². The number of piperidine rings is 2. The van der Waals surface area contributed by atoms with Gasteiger partial charge in [-0.2, -0.15) is 0 Å². The van der Waals surface area contributed by atoms with Crippen LogP contribution in [0.2, 0.25) is 0 Å². The Morgan fingerprint density at radius 3 is 2.25 bits per heavy atom. The molecule has 2 heterocycles. The standard InChI is InChI=1S/C10H16NO/c1-10-5-7-2-8(6-10)4-9(3-7)11(10)12/h7-9H,2-6H2,1H3/q-1/t7-,8+,9?,10?. The summed E-state index contributed by atoms with van der Waals surface area (Å²) in [6, 6.07) is 0.390. The molecular formula is C10H16NO-. The van der Waals surface area contributed by atoms with Crippen LogP contribution < -0.4 is 0 Å². The van der Waals surface area contributed by atoms with Gasteiger partial charge in [0, 0.05) is 5.54 Å². The zero-order valence-electron chi connectivity index (χ0n) is 7.62. The molecule has 0 aromatic heterocycles. The molecule has 2 saturated carbocycles. The van der Waals surface area contributed by atoms with Gasteiger partial charge in [-0.05, 0) is 56.9 Å². The van der Waals surface area contributed by atoms with Crippen LogP contribution in [-0.4, -0.2) is 16.6 Å².